The lowest BCUT2D eigenvalue weighted by molar-refractivity contribution is 0.203. The first-order valence-electron chi connectivity index (χ1n) is 8.41. The number of aromatic nitrogens is 3. The van der Waals surface area contributed by atoms with E-state index in [1.54, 1.807) is 24.3 Å². The van der Waals surface area contributed by atoms with Crippen LogP contribution < -0.4 is 5.73 Å². The van der Waals surface area contributed by atoms with E-state index < -0.39 is 12.0 Å². The fraction of sp³-hybridized carbons (Fsp3) is 0.278. The average Bonchev–Trinajstić information content (AvgIpc) is 2.98. The number of aromatic amines is 1. The highest BCUT2D eigenvalue weighted by molar-refractivity contribution is 6.34. The van der Waals surface area contributed by atoms with Crippen molar-refractivity contribution in [1.29, 1.82) is 0 Å². The van der Waals surface area contributed by atoms with Crippen molar-refractivity contribution in [2.45, 2.75) is 25.8 Å². The molecule has 0 aliphatic rings. The number of primary amides is 1. The number of fused-ring (bicyclic) bond motifs is 1. The first-order valence-corrected chi connectivity index (χ1v) is 9.17. The van der Waals surface area contributed by atoms with Crippen LogP contribution in [0.15, 0.2) is 30.3 Å². The molecule has 3 N–H and O–H groups in total. The summed E-state index contributed by atoms with van der Waals surface area (Å²) in [5, 5.41) is 1.02. The minimum absolute atomic E-state index is 0.337. The molecule has 0 aliphatic carbocycles. The lowest BCUT2D eigenvalue weighted by Crippen LogP contribution is -2.36. The van der Waals surface area contributed by atoms with Crippen LogP contribution >= 0.6 is 23.2 Å². The van der Waals surface area contributed by atoms with Gasteiger partial charge >= 0.3 is 6.03 Å². The van der Waals surface area contributed by atoms with Gasteiger partial charge in [0.1, 0.15) is 5.82 Å². The summed E-state index contributed by atoms with van der Waals surface area (Å²) in [7, 11) is 0. The zero-order chi connectivity index (χ0) is 19.4. The number of carbonyl (C=O) groups is 1. The Morgan fingerprint density at radius 2 is 1.89 bits per heavy atom. The summed E-state index contributed by atoms with van der Waals surface area (Å²) in [6.45, 7) is 0.829. The van der Waals surface area contributed by atoms with Gasteiger partial charge in [0, 0.05) is 29.6 Å². The molecule has 0 radical (unpaired) electrons. The number of urea groups is 1. The van der Waals surface area contributed by atoms with Gasteiger partial charge in [0.05, 0.1) is 5.52 Å². The number of halogens is 3. The summed E-state index contributed by atoms with van der Waals surface area (Å²) in [6, 6.07) is 7.54. The molecule has 0 atom stereocenters. The second-order valence-electron chi connectivity index (χ2n) is 6.18. The highest BCUT2D eigenvalue weighted by atomic mass is 35.5. The van der Waals surface area contributed by atoms with Crippen LogP contribution in [0.25, 0.3) is 11.2 Å². The maximum absolute atomic E-state index is 13.1. The van der Waals surface area contributed by atoms with Gasteiger partial charge in [-0.3, -0.25) is 0 Å². The van der Waals surface area contributed by atoms with Crippen LogP contribution in [0.2, 0.25) is 10.0 Å². The number of rotatable bonds is 7. The average molecular weight is 410 g/mol. The molecule has 2 amide bonds. The fourth-order valence-electron chi connectivity index (χ4n) is 2.82. The summed E-state index contributed by atoms with van der Waals surface area (Å²) in [5.74, 6) is 0.175. The largest absolute Gasteiger partial charge is 0.351 e. The van der Waals surface area contributed by atoms with Crippen molar-refractivity contribution in [3.8, 4) is 0 Å². The highest BCUT2D eigenvalue weighted by Crippen LogP contribution is 2.20. The van der Waals surface area contributed by atoms with Crippen molar-refractivity contribution in [3.05, 3.63) is 57.7 Å². The molecular weight excluding hydrogens is 392 g/mol. The van der Waals surface area contributed by atoms with Crippen LogP contribution in [0, 0.1) is 5.95 Å². The molecule has 3 rings (SSSR count). The van der Waals surface area contributed by atoms with Gasteiger partial charge in [0.15, 0.2) is 5.65 Å². The van der Waals surface area contributed by atoms with Crippen LogP contribution in [0.5, 0.6) is 0 Å². The predicted molar refractivity (Wildman–Crippen MR) is 103 cm³/mol. The number of aryl methyl sites for hydroxylation is 1. The first kappa shape index (κ1) is 19.4. The molecular formula is C18H18Cl2FN5O. The number of amides is 2. The van der Waals surface area contributed by atoms with Crippen LogP contribution in [-0.4, -0.2) is 32.4 Å². The van der Waals surface area contributed by atoms with Gasteiger partial charge in [0.2, 0.25) is 5.95 Å². The summed E-state index contributed by atoms with van der Waals surface area (Å²) in [4.78, 5) is 24.4. The molecule has 0 unspecified atom stereocenters. The van der Waals surface area contributed by atoms with E-state index in [4.69, 9.17) is 28.9 Å². The molecule has 0 aliphatic heterocycles. The minimum atomic E-state index is -0.557. The molecule has 142 valence electrons. The van der Waals surface area contributed by atoms with Gasteiger partial charge in [-0.15, -0.1) is 0 Å². The van der Waals surface area contributed by atoms with E-state index in [1.807, 2.05) is 0 Å². The van der Waals surface area contributed by atoms with E-state index in [0.717, 1.165) is 24.2 Å². The number of benzene rings is 1. The number of unbranched alkanes of at least 4 members (excludes halogenated alkanes) is 1. The van der Waals surface area contributed by atoms with Gasteiger partial charge in [0.25, 0.3) is 0 Å². The summed E-state index contributed by atoms with van der Waals surface area (Å²) in [5.41, 5.74) is 7.35. The van der Waals surface area contributed by atoms with Crippen molar-refractivity contribution in [1.82, 2.24) is 19.9 Å². The van der Waals surface area contributed by atoms with Crippen molar-refractivity contribution in [2.75, 3.05) is 6.54 Å². The van der Waals surface area contributed by atoms with E-state index in [-0.39, 0.29) is 0 Å². The van der Waals surface area contributed by atoms with Crippen LogP contribution in [0.4, 0.5) is 9.18 Å². The Hall–Kier alpha value is -2.38. The molecule has 0 saturated carbocycles. The molecule has 6 nitrogen and oxygen atoms in total. The number of carbonyl (C=O) groups excluding carboxylic acids is 1. The molecule has 0 spiro atoms. The third kappa shape index (κ3) is 5.30. The second-order valence-corrected chi connectivity index (χ2v) is 7.06. The Labute approximate surface area is 165 Å². The van der Waals surface area contributed by atoms with Gasteiger partial charge in [-0.1, -0.05) is 23.2 Å². The van der Waals surface area contributed by atoms with Crippen LogP contribution in [0.1, 0.15) is 24.2 Å². The summed E-state index contributed by atoms with van der Waals surface area (Å²) in [6.07, 6.45) is 2.17. The third-order valence-corrected chi connectivity index (χ3v) is 4.50. The molecule has 2 heterocycles. The number of nitrogens with zero attached hydrogens (tertiary/aromatic N) is 3. The number of nitrogens with two attached hydrogens (primary N) is 1. The quantitative estimate of drug-likeness (QED) is 0.450. The maximum atomic E-state index is 13.1. The van der Waals surface area contributed by atoms with E-state index in [0.29, 0.717) is 40.7 Å². The number of imidazole rings is 1. The van der Waals surface area contributed by atoms with Crippen LogP contribution in [0.3, 0.4) is 0 Å². The number of hydrogen-bond donors (Lipinski definition) is 2. The van der Waals surface area contributed by atoms with E-state index in [2.05, 4.69) is 15.0 Å². The third-order valence-electron chi connectivity index (χ3n) is 4.06. The topological polar surface area (TPSA) is 87.9 Å². The minimum Gasteiger partial charge on any atom is -0.351 e. The molecule has 27 heavy (non-hydrogen) atoms. The zero-order valence-electron chi connectivity index (χ0n) is 14.4. The lowest BCUT2D eigenvalue weighted by Gasteiger charge is -2.20. The highest BCUT2D eigenvalue weighted by Gasteiger charge is 2.12. The van der Waals surface area contributed by atoms with E-state index in [9.17, 15) is 9.18 Å². The fourth-order valence-corrected chi connectivity index (χ4v) is 3.39. The Kier molecular flexibility index (Phi) is 6.13. The van der Waals surface area contributed by atoms with E-state index >= 15 is 0 Å². The molecule has 3 aromatic rings. The molecule has 0 fully saturated rings. The first-order chi connectivity index (χ1) is 12.9. The van der Waals surface area contributed by atoms with Crippen molar-refractivity contribution >= 4 is 40.4 Å². The molecule has 0 saturated heterocycles. The number of H-pyrrole nitrogens is 1. The van der Waals surface area contributed by atoms with Crippen molar-refractivity contribution in [3.63, 3.8) is 0 Å². The maximum Gasteiger partial charge on any atom is 0.315 e. The molecule has 9 heteroatoms. The number of nitrogens with one attached hydrogen (secondary N) is 1. The van der Waals surface area contributed by atoms with E-state index in [1.165, 1.54) is 11.0 Å². The Morgan fingerprint density at radius 3 is 2.59 bits per heavy atom. The second kappa shape index (κ2) is 8.54. The predicted octanol–water partition coefficient (Wildman–Crippen LogP) is 4.31. The number of pyridine rings is 1. The lowest BCUT2D eigenvalue weighted by atomic mass is 10.2. The smallest absolute Gasteiger partial charge is 0.315 e. The Bertz CT molecular complexity index is 942. The van der Waals surface area contributed by atoms with Gasteiger partial charge in [-0.2, -0.15) is 9.37 Å². The monoisotopic (exact) mass is 409 g/mol. The van der Waals surface area contributed by atoms with Crippen molar-refractivity contribution < 1.29 is 9.18 Å². The number of hydrogen-bond acceptors (Lipinski definition) is 3. The molecule has 0 bridgehead atoms. The van der Waals surface area contributed by atoms with Gasteiger partial charge in [-0.05, 0) is 48.7 Å². The van der Waals surface area contributed by atoms with Gasteiger partial charge in [-0.25, -0.2) is 9.78 Å². The Balaban J connectivity index is 1.54. The van der Waals surface area contributed by atoms with Crippen molar-refractivity contribution in [2.24, 2.45) is 5.73 Å². The standard InChI is InChI=1S/C18H18Cl2FN5O/c19-12-7-11(8-13(20)9-12)10-26(18(22)27)6-2-1-3-16-23-14-4-5-15(21)24-17(14)25-16/h4-5,7-9H,1-3,6,10H2,(H2,22,27)(H,23,24,25). The normalized spacial score (nSPS) is 11.1. The van der Waals surface area contributed by atoms with Crippen LogP contribution in [-0.2, 0) is 13.0 Å². The SMILES string of the molecule is NC(=O)N(CCCCc1nc2nc(F)ccc2[nH]1)Cc1cc(Cl)cc(Cl)c1. The summed E-state index contributed by atoms with van der Waals surface area (Å²) >= 11 is 12.0. The molecule has 1 aromatic carbocycles. The Morgan fingerprint density at radius 1 is 1.15 bits per heavy atom. The van der Waals surface area contributed by atoms with Gasteiger partial charge < -0.3 is 15.6 Å². The zero-order valence-corrected chi connectivity index (χ0v) is 15.9. The summed E-state index contributed by atoms with van der Waals surface area (Å²) < 4.78 is 13.1. The molecule has 2 aromatic heterocycles.